The monoisotopic (exact) mass is 233 g/mol. The Morgan fingerprint density at radius 1 is 1.35 bits per heavy atom. The van der Waals surface area contributed by atoms with Gasteiger partial charge in [0.15, 0.2) is 18.2 Å². The number of methoxy groups -OCH3 is 1. The molecule has 0 aliphatic heterocycles. The third kappa shape index (κ3) is 2.69. The number of aryl methyl sites for hydroxylation is 1. The average Bonchev–Trinajstić information content (AvgIpc) is 2.73. The van der Waals surface area contributed by atoms with Crippen molar-refractivity contribution in [3.8, 4) is 11.5 Å². The Bertz CT molecular complexity index is 508. The highest BCUT2D eigenvalue weighted by Gasteiger charge is 2.04. The Balaban J connectivity index is 2.08. The number of ether oxygens (including phenoxy) is 2. The van der Waals surface area contributed by atoms with Gasteiger partial charge in [-0.05, 0) is 24.6 Å². The molecule has 0 fully saturated rings. The molecule has 0 saturated carbocycles. The molecule has 0 spiro atoms. The fraction of sp³-hybridized carbons (Fsp3) is 0.250. The highest BCUT2D eigenvalue weighted by atomic mass is 16.5. The van der Waals surface area contributed by atoms with Gasteiger partial charge < -0.3 is 15.2 Å². The van der Waals surface area contributed by atoms with Crippen molar-refractivity contribution >= 4 is 5.69 Å². The molecule has 2 N–H and O–H groups in total. The highest BCUT2D eigenvalue weighted by Crippen LogP contribution is 2.27. The van der Waals surface area contributed by atoms with Crippen LogP contribution in [0, 0.1) is 6.92 Å². The highest BCUT2D eigenvalue weighted by molar-refractivity contribution is 5.42. The summed E-state index contributed by atoms with van der Waals surface area (Å²) in [6.45, 7) is 2.30. The van der Waals surface area contributed by atoms with Crippen molar-refractivity contribution in [2.45, 2.75) is 13.7 Å². The Hall–Kier alpha value is -2.17. The lowest BCUT2D eigenvalue weighted by Gasteiger charge is -2.11. The van der Waals surface area contributed by atoms with Gasteiger partial charge in [0.2, 0.25) is 0 Å². The molecule has 1 heterocycles. The van der Waals surface area contributed by atoms with Crippen molar-refractivity contribution in [2.75, 3.05) is 12.8 Å². The lowest BCUT2D eigenvalue weighted by Crippen LogP contribution is -2.06. The number of nitrogen functional groups attached to an aromatic ring is 1. The van der Waals surface area contributed by atoms with Crippen LogP contribution in [0.15, 0.2) is 30.6 Å². The van der Waals surface area contributed by atoms with E-state index in [0.29, 0.717) is 23.9 Å². The van der Waals surface area contributed by atoms with E-state index in [0.717, 1.165) is 5.56 Å². The largest absolute Gasteiger partial charge is 0.493 e. The minimum absolute atomic E-state index is 0.302. The minimum Gasteiger partial charge on any atom is -0.493 e. The molecule has 0 atom stereocenters. The van der Waals surface area contributed by atoms with E-state index in [1.54, 1.807) is 24.2 Å². The molecule has 0 amide bonds. The van der Waals surface area contributed by atoms with Crippen molar-refractivity contribution in [1.82, 2.24) is 9.78 Å². The van der Waals surface area contributed by atoms with Gasteiger partial charge in [0, 0.05) is 0 Å². The first-order valence-corrected chi connectivity index (χ1v) is 5.24. The van der Waals surface area contributed by atoms with E-state index in [1.807, 2.05) is 25.1 Å². The van der Waals surface area contributed by atoms with E-state index in [4.69, 9.17) is 15.2 Å². The van der Waals surface area contributed by atoms with Gasteiger partial charge in [-0.3, -0.25) is 0 Å². The predicted molar refractivity (Wildman–Crippen MR) is 65.0 cm³/mol. The molecule has 0 aliphatic rings. The average molecular weight is 233 g/mol. The van der Waals surface area contributed by atoms with Crippen molar-refractivity contribution < 1.29 is 9.47 Å². The smallest absolute Gasteiger partial charge is 0.181 e. The Kier molecular flexibility index (Phi) is 3.18. The predicted octanol–water partition coefficient (Wildman–Crippen LogP) is 1.82. The molecule has 2 rings (SSSR count). The second kappa shape index (κ2) is 4.78. The number of nitrogens with two attached hydrogens (primary N) is 1. The molecule has 0 unspecified atom stereocenters. The number of aromatic nitrogens is 2. The third-order valence-electron chi connectivity index (χ3n) is 2.32. The first-order valence-electron chi connectivity index (χ1n) is 5.24. The van der Waals surface area contributed by atoms with Crippen LogP contribution in [0.5, 0.6) is 11.5 Å². The molecule has 5 nitrogen and oxygen atoms in total. The fourth-order valence-corrected chi connectivity index (χ4v) is 1.48. The molecule has 5 heteroatoms. The summed E-state index contributed by atoms with van der Waals surface area (Å²) in [5.41, 5.74) is 7.30. The Morgan fingerprint density at radius 3 is 2.82 bits per heavy atom. The number of hydrogen-bond donors (Lipinski definition) is 1. The van der Waals surface area contributed by atoms with E-state index >= 15 is 0 Å². The van der Waals surface area contributed by atoms with Crippen LogP contribution < -0.4 is 15.2 Å². The zero-order valence-electron chi connectivity index (χ0n) is 9.88. The standard InChI is InChI=1S/C12H15N3O2/c1-9-3-4-11(12(5-9)16-2)17-8-15-7-10(13)6-14-15/h3-7H,8,13H2,1-2H3. The number of anilines is 1. The van der Waals surface area contributed by atoms with E-state index in [-0.39, 0.29) is 0 Å². The summed E-state index contributed by atoms with van der Waals surface area (Å²) in [7, 11) is 1.62. The molecule has 90 valence electrons. The summed E-state index contributed by atoms with van der Waals surface area (Å²) in [5, 5.41) is 4.03. The van der Waals surface area contributed by atoms with E-state index in [1.165, 1.54) is 0 Å². The number of rotatable bonds is 4. The van der Waals surface area contributed by atoms with Gasteiger partial charge in [-0.1, -0.05) is 6.07 Å². The second-order valence-electron chi connectivity index (χ2n) is 3.74. The summed E-state index contributed by atoms with van der Waals surface area (Å²) in [4.78, 5) is 0. The van der Waals surface area contributed by atoms with Gasteiger partial charge in [0.25, 0.3) is 0 Å². The number of hydrogen-bond acceptors (Lipinski definition) is 4. The van der Waals surface area contributed by atoms with Gasteiger partial charge in [0.05, 0.1) is 25.2 Å². The van der Waals surface area contributed by atoms with Gasteiger partial charge in [-0.15, -0.1) is 0 Å². The van der Waals surface area contributed by atoms with Crippen molar-refractivity contribution in [3.05, 3.63) is 36.2 Å². The number of nitrogens with zero attached hydrogens (tertiary/aromatic N) is 2. The van der Waals surface area contributed by atoms with E-state index in [9.17, 15) is 0 Å². The van der Waals surface area contributed by atoms with Crippen molar-refractivity contribution in [2.24, 2.45) is 0 Å². The van der Waals surface area contributed by atoms with Crippen LogP contribution in [-0.4, -0.2) is 16.9 Å². The topological polar surface area (TPSA) is 62.3 Å². The zero-order valence-corrected chi connectivity index (χ0v) is 9.88. The lowest BCUT2D eigenvalue weighted by atomic mass is 10.2. The molecule has 0 radical (unpaired) electrons. The second-order valence-corrected chi connectivity index (χ2v) is 3.74. The lowest BCUT2D eigenvalue weighted by molar-refractivity contribution is 0.211. The van der Waals surface area contributed by atoms with Crippen LogP contribution in [0.1, 0.15) is 5.56 Å². The minimum atomic E-state index is 0.302. The molecule has 1 aromatic carbocycles. The van der Waals surface area contributed by atoms with Crippen LogP contribution in [0.3, 0.4) is 0 Å². The van der Waals surface area contributed by atoms with Crippen molar-refractivity contribution in [3.63, 3.8) is 0 Å². The Labute approximate surface area is 99.8 Å². The summed E-state index contributed by atoms with van der Waals surface area (Å²) in [6, 6.07) is 5.77. The SMILES string of the molecule is COc1cc(C)ccc1OCn1cc(N)cn1. The normalized spacial score (nSPS) is 10.2. The van der Waals surface area contributed by atoms with Gasteiger partial charge >= 0.3 is 0 Å². The molecule has 0 aliphatic carbocycles. The van der Waals surface area contributed by atoms with Crippen molar-refractivity contribution in [1.29, 1.82) is 0 Å². The van der Waals surface area contributed by atoms with Gasteiger partial charge in [-0.2, -0.15) is 5.10 Å². The number of benzene rings is 1. The molecule has 0 bridgehead atoms. The van der Waals surface area contributed by atoms with Crippen LogP contribution >= 0.6 is 0 Å². The van der Waals surface area contributed by atoms with Crippen LogP contribution in [0.25, 0.3) is 0 Å². The molecule has 1 aromatic heterocycles. The van der Waals surface area contributed by atoms with E-state index < -0.39 is 0 Å². The van der Waals surface area contributed by atoms with Gasteiger partial charge in [-0.25, -0.2) is 4.68 Å². The maximum Gasteiger partial charge on any atom is 0.181 e. The van der Waals surface area contributed by atoms with Crippen LogP contribution in [0.2, 0.25) is 0 Å². The van der Waals surface area contributed by atoms with Crippen LogP contribution in [-0.2, 0) is 6.73 Å². The molecular weight excluding hydrogens is 218 g/mol. The molecule has 0 saturated heterocycles. The maximum atomic E-state index is 5.60. The summed E-state index contributed by atoms with van der Waals surface area (Å²) in [5.74, 6) is 1.40. The summed E-state index contributed by atoms with van der Waals surface area (Å²) >= 11 is 0. The fourth-order valence-electron chi connectivity index (χ4n) is 1.48. The quantitative estimate of drug-likeness (QED) is 0.875. The van der Waals surface area contributed by atoms with Gasteiger partial charge in [0.1, 0.15) is 0 Å². The van der Waals surface area contributed by atoms with E-state index in [2.05, 4.69) is 5.10 Å². The first kappa shape index (κ1) is 11.3. The third-order valence-corrected chi connectivity index (χ3v) is 2.32. The Morgan fingerprint density at radius 2 is 2.18 bits per heavy atom. The molecule has 2 aromatic rings. The van der Waals surface area contributed by atoms with Crippen LogP contribution in [0.4, 0.5) is 5.69 Å². The summed E-state index contributed by atoms with van der Waals surface area (Å²) < 4.78 is 12.5. The first-order chi connectivity index (χ1) is 8.19. The maximum absolute atomic E-state index is 5.60. The molecule has 17 heavy (non-hydrogen) atoms. The summed E-state index contributed by atoms with van der Waals surface area (Å²) in [6.07, 6.45) is 3.29. The zero-order chi connectivity index (χ0) is 12.3. The molecular formula is C12H15N3O2.